The normalized spacial score (nSPS) is 15.0. The molecule has 0 N–H and O–H groups in total. The van der Waals surface area contributed by atoms with Crippen molar-refractivity contribution in [1.29, 1.82) is 0 Å². The molecule has 0 saturated heterocycles. The van der Waals surface area contributed by atoms with Crippen LogP contribution in [0.1, 0.15) is 39.9 Å². The summed E-state index contributed by atoms with van der Waals surface area (Å²) in [5.41, 5.74) is 4.48. The van der Waals surface area contributed by atoms with Crippen molar-refractivity contribution in [3.8, 4) is 5.75 Å². The van der Waals surface area contributed by atoms with Gasteiger partial charge in [-0.15, -0.1) is 0 Å². The molecule has 0 fully saturated rings. The van der Waals surface area contributed by atoms with Crippen LogP contribution in [0.4, 0.5) is 0 Å². The maximum atomic E-state index is 11.8. The summed E-state index contributed by atoms with van der Waals surface area (Å²) in [6.45, 7) is 4.13. The van der Waals surface area contributed by atoms with Gasteiger partial charge >= 0.3 is 0 Å². The van der Waals surface area contributed by atoms with E-state index in [0.717, 1.165) is 29.7 Å². The number of carbonyl (C=O) groups excluding carboxylic acids is 1. The summed E-state index contributed by atoms with van der Waals surface area (Å²) in [7, 11) is 1.65. The fourth-order valence-electron chi connectivity index (χ4n) is 2.28. The molecule has 0 radical (unpaired) electrons. The van der Waals surface area contributed by atoms with Crippen molar-refractivity contribution in [2.24, 2.45) is 0 Å². The molecule has 1 aromatic carbocycles. The van der Waals surface area contributed by atoms with E-state index in [-0.39, 0.29) is 5.78 Å². The highest BCUT2D eigenvalue weighted by Gasteiger charge is 2.21. The van der Waals surface area contributed by atoms with Crippen LogP contribution >= 0.6 is 0 Å². The van der Waals surface area contributed by atoms with Crippen LogP contribution in [0.15, 0.2) is 6.07 Å². The van der Waals surface area contributed by atoms with Crippen LogP contribution in [-0.2, 0) is 6.42 Å². The standard InChI is InChI=1S/C13H16O2/c1-8-9(2)13(15-3)7-11-10(8)5-4-6-12(11)14/h7H,4-6H2,1-3H3. The second kappa shape index (κ2) is 3.69. The highest BCUT2D eigenvalue weighted by atomic mass is 16.5. The molecule has 2 rings (SSSR count). The van der Waals surface area contributed by atoms with E-state index in [9.17, 15) is 4.79 Å². The fraction of sp³-hybridized carbons (Fsp3) is 0.462. The number of hydrogen-bond donors (Lipinski definition) is 0. The van der Waals surface area contributed by atoms with Crippen LogP contribution in [0.25, 0.3) is 0 Å². The summed E-state index contributed by atoms with van der Waals surface area (Å²) in [6, 6.07) is 1.90. The van der Waals surface area contributed by atoms with Crippen molar-refractivity contribution in [3.63, 3.8) is 0 Å². The van der Waals surface area contributed by atoms with Gasteiger partial charge in [-0.2, -0.15) is 0 Å². The van der Waals surface area contributed by atoms with Crippen LogP contribution in [0.5, 0.6) is 5.75 Å². The van der Waals surface area contributed by atoms with Gasteiger partial charge < -0.3 is 4.74 Å². The minimum atomic E-state index is 0.262. The topological polar surface area (TPSA) is 26.3 Å². The third-order valence-electron chi connectivity index (χ3n) is 3.34. The van der Waals surface area contributed by atoms with Crippen LogP contribution in [0.3, 0.4) is 0 Å². The van der Waals surface area contributed by atoms with Gasteiger partial charge in [-0.1, -0.05) is 0 Å². The fourth-order valence-corrected chi connectivity index (χ4v) is 2.28. The van der Waals surface area contributed by atoms with Gasteiger partial charge in [-0.05, 0) is 49.4 Å². The zero-order valence-electron chi connectivity index (χ0n) is 9.52. The predicted molar refractivity (Wildman–Crippen MR) is 59.7 cm³/mol. The number of hydrogen-bond acceptors (Lipinski definition) is 2. The van der Waals surface area contributed by atoms with E-state index in [0.29, 0.717) is 6.42 Å². The molecule has 0 atom stereocenters. The second-order valence-corrected chi connectivity index (χ2v) is 4.13. The summed E-state index contributed by atoms with van der Waals surface area (Å²) in [5.74, 6) is 1.10. The number of fused-ring (bicyclic) bond motifs is 1. The molecule has 2 nitrogen and oxygen atoms in total. The molecule has 1 aliphatic rings. The number of ketones is 1. The van der Waals surface area contributed by atoms with Crippen molar-refractivity contribution in [3.05, 3.63) is 28.3 Å². The van der Waals surface area contributed by atoms with Crippen molar-refractivity contribution in [2.45, 2.75) is 33.1 Å². The zero-order chi connectivity index (χ0) is 11.0. The van der Waals surface area contributed by atoms with Gasteiger partial charge in [0.25, 0.3) is 0 Å². The van der Waals surface area contributed by atoms with Gasteiger partial charge in [0.2, 0.25) is 0 Å². The van der Waals surface area contributed by atoms with E-state index in [1.165, 1.54) is 11.1 Å². The molecule has 0 amide bonds. The Morgan fingerprint density at radius 1 is 1.20 bits per heavy atom. The lowest BCUT2D eigenvalue weighted by Gasteiger charge is -2.20. The van der Waals surface area contributed by atoms with Crippen molar-refractivity contribution in [2.75, 3.05) is 7.11 Å². The minimum absolute atomic E-state index is 0.262. The molecule has 2 heteroatoms. The molecule has 0 spiro atoms. The van der Waals surface area contributed by atoms with Crippen LogP contribution in [0, 0.1) is 13.8 Å². The van der Waals surface area contributed by atoms with E-state index in [1.54, 1.807) is 7.11 Å². The second-order valence-electron chi connectivity index (χ2n) is 4.13. The molecule has 0 aromatic heterocycles. The first kappa shape index (κ1) is 10.2. The van der Waals surface area contributed by atoms with Crippen LogP contribution in [-0.4, -0.2) is 12.9 Å². The summed E-state index contributed by atoms with van der Waals surface area (Å²) in [6.07, 6.45) is 2.69. The number of ether oxygens (including phenoxy) is 1. The third-order valence-corrected chi connectivity index (χ3v) is 3.34. The molecular formula is C13H16O2. The Bertz CT molecular complexity index is 419. The van der Waals surface area contributed by atoms with Gasteiger partial charge in [0.05, 0.1) is 7.11 Å². The highest BCUT2D eigenvalue weighted by molar-refractivity contribution is 5.99. The minimum Gasteiger partial charge on any atom is -0.496 e. The number of methoxy groups -OCH3 is 1. The third kappa shape index (κ3) is 1.54. The molecule has 0 aliphatic heterocycles. The molecule has 15 heavy (non-hydrogen) atoms. The number of Topliss-reactive ketones (excluding diaryl/α,β-unsaturated/α-hetero) is 1. The Labute approximate surface area is 90.3 Å². The maximum Gasteiger partial charge on any atom is 0.163 e. The Hall–Kier alpha value is -1.31. The largest absolute Gasteiger partial charge is 0.496 e. The van der Waals surface area contributed by atoms with Gasteiger partial charge in [-0.25, -0.2) is 0 Å². The Morgan fingerprint density at radius 3 is 2.60 bits per heavy atom. The summed E-state index contributed by atoms with van der Waals surface area (Å²) in [5, 5.41) is 0. The van der Waals surface area contributed by atoms with E-state index in [1.807, 2.05) is 13.0 Å². The Kier molecular flexibility index (Phi) is 2.51. The van der Waals surface area contributed by atoms with Gasteiger partial charge in [-0.3, -0.25) is 4.79 Å². The predicted octanol–water partition coefficient (Wildman–Crippen LogP) is 2.83. The molecule has 0 unspecified atom stereocenters. The van der Waals surface area contributed by atoms with Crippen LogP contribution in [0.2, 0.25) is 0 Å². The first-order valence-electron chi connectivity index (χ1n) is 5.35. The Morgan fingerprint density at radius 2 is 1.93 bits per heavy atom. The van der Waals surface area contributed by atoms with Crippen molar-refractivity contribution < 1.29 is 9.53 Å². The van der Waals surface area contributed by atoms with Gasteiger partial charge in [0, 0.05) is 12.0 Å². The van der Waals surface area contributed by atoms with Crippen molar-refractivity contribution in [1.82, 2.24) is 0 Å². The SMILES string of the molecule is COc1cc2c(c(C)c1C)CCCC2=O. The summed E-state index contributed by atoms with van der Waals surface area (Å²) >= 11 is 0. The lowest BCUT2D eigenvalue weighted by molar-refractivity contribution is 0.0972. The first-order valence-corrected chi connectivity index (χ1v) is 5.35. The quantitative estimate of drug-likeness (QED) is 0.703. The lowest BCUT2D eigenvalue weighted by atomic mass is 9.85. The molecule has 0 saturated carbocycles. The van der Waals surface area contributed by atoms with Crippen molar-refractivity contribution >= 4 is 5.78 Å². The van der Waals surface area contributed by atoms with E-state index < -0.39 is 0 Å². The smallest absolute Gasteiger partial charge is 0.163 e. The van der Waals surface area contributed by atoms with Gasteiger partial charge in [0.15, 0.2) is 5.78 Å². The molecule has 80 valence electrons. The van der Waals surface area contributed by atoms with E-state index >= 15 is 0 Å². The summed E-state index contributed by atoms with van der Waals surface area (Å²) < 4.78 is 5.29. The molecule has 0 heterocycles. The number of rotatable bonds is 1. The van der Waals surface area contributed by atoms with Crippen LogP contribution < -0.4 is 4.74 Å². The molecule has 1 aliphatic carbocycles. The summed E-state index contributed by atoms with van der Waals surface area (Å²) in [4.78, 5) is 11.8. The lowest BCUT2D eigenvalue weighted by Crippen LogP contribution is -2.13. The number of carbonyl (C=O) groups is 1. The van der Waals surface area contributed by atoms with E-state index in [2.05, 4.69) is 6.92 Å². The molecular weight excluding hydrogens is 188 g/mol. The monoisotopic (exact) mass is 204 g/mol. The average molecular weight is 204 g/mol. The highest BCUT2D eigenvalue weighted by Crippen LogP contribution is 2.32. The van der Waals surface area contributed by atoms with Gasteiger partial charge in [0.1, 0.15) is 5.75 Å². The first-order chi connectivity index (χ1) is 7.15. The number of benzene rings is 1. The molecule has 0 bridgehead atoms. The maximum absolute atomic E-state index is 11.8. The molecule has 1 aromatic rings. The Balaban J connectivity index is 2.66. The zero-order valence-corrected chi connectivity index (χ0v) is 9.52. The van der Waals surface area contributed by atoms with E-state index in [4.69, 9.17) is 4.74 Å². The average Bonchev–Trinajstić information content (AvgIpc) is 2.24.